The van der Waals surface area contributed by atoms with Crippen molar-refractivity contribution in [2.75, 3.05) is 0 Å². The van der Waals surface area contributed by atoms with Crippen molar-refractivity contribution in [1.29, 1.82) is 0 Å². The number of aliphatic hydroxyl groups excluding tert-OH is 1. The molecule has 1 aliphatic carbocycles. The van der Waals surface area contributed by atoms with Crippen LogP contribution in [0.3, 0.4) is 0 Å². The highest BCUT2D eigenvalue weighted by atomic mass is 32.1. The largest absolute Gasteiger partial charge is 0.388 e. The molecule has 1 nitrogen and oxygen atoms in total. The number of aliphatic hydroxyl groups is 1. The van der Waals surface area contributed by atoms with Gasteiger partial charge in [0, 0.05) is 4.88 Å². The fourth-order valence-corrected chi connectivity index (χ4v) is 3.15. The maximum atomic E-state index is 10.2. The Morgan fingerprint density at radius 1 is 1.36 bits per heavy atom. The molecule has 0 amide bonds. The standard InChI is InChI=1S/C12H18OS/c1-9-11(7-8-14-9)12(13)10-5-3-2-4-6-10/h7-8,10,12-13H,2-6H2,1H3. The lowest BCUT2D eigenvalue weighted by Gasteiger charge is -2.26. The van der Waals surface area contributed by atoms with Crippen LogP contribution in [0, 0.1) is 12.8 Å². The lowest BCUT2D eigenvalue weighted by Crippen LogP contribution is -2.15. The van der Waals surface area contributed by atoms with E-state index >= 15 is 0 Å². The molecule has 1 N–H and O–H groups in total. The molecule has 14 heavy (non-hydrogen) atoms. The van der Waals surface area contributed by atoms with Crippen LogP contribution in [0.15, 0.2) is 11.4 Å². The number of aryl methyl sites for hydroxylation is 1. The quantitative estimate of drug-likeness (QED) is 0.789. The number of hydrogen-bond acceptors (Lipinski definition) is 2. The first-order valence-corrected chi connectivity index (χ1v) is 6.39. The molecule has 1 aliphatic rings. The topological polar surface area (TPSA) is 20.2 Å². The Hall–Kier alpha value is -0.340. The van der Waals surface area contributed by atoms with Gasteiger partial charge in [-0.2, -0.15) is 0 Å². The van der Waals surface area contributed by atoms with E-state index in [1.54, 1.807) is 11.3 Å². The smallest absolute Gasteiger partial charge is 0.0828 e. The lowest BCUT2D eigenvalue weighted by atomic mass is 9.83. The van der Waals surface area contributed by atoms with Crippen LogP contribution in [-0.4, -0.2) is 5.11 Å². The molecule has 78 valence electrons. The Kier molecular flexibility index (Phi) is 3.24. The van der Waals surface area contributed by atoms with Crippen LogP contribution in [0.1, 0.15) is 48.6 Å². The van der Waals surface area contributed by atoms with Crippen LogP contribution in [0.4, 0.5) is 0 Å². The van der Waals surface area contributed by atoms with Gasteiger partial charge in [0.05, 0.1) is 6.10 Å². The number of rotatable bonds is 2. The van der Waals surface area contributed by atoms with E-state index in [0.29, 0.717) is 5.92 Å². The van der Waals surface area contributed by atoms with Gasteiger partial charge in [-0.15, -0.1) is 11.3 Å². The van der Waals surface area contributed by atoms with Crippen LogP contribution in [0.2, 0.25) is 0 Å². The molecule has 2 heteroatoms. The summed E-state index contributed by atoms with van der Waals surface area (Å²) in [5.41, 5.74) is 1.17. The van der Waals surface area contributed by atoms with Gasteiger partial charge in [0.15, 0.2) is 0 Å². The maximum Gasteiger partial charge on any atom is 0.0828 e. The van der Waals surface area contributed by atoms with E-state index in [4.69, 9.17) is 0 Å². The molecule has 1 aromatic rings. The van der Waals surface area contributed by atoms with Crippen molar-refractivity contribution in [2.24, 2.45) is 5.92 Å². The third-order valence-electron chi connectivity index (χ3n) is 3.31. The molecule has 0 spiro atoms. The Bertz CT molecular complexity index is 286. The molecule has 1 atom stereocenters. The van der Waals surface area contributed by atoms with E-state index in [2.05, 4.69) is 18.4 Å². The van der Waals surface area contributed by atoms with Gasteiger partial charge in [-0.05, 0) is 42.7 Å². The third-order valence-corrected chi connectivity index (χ3v) is 4.18. The van der Waals surface area contributed by atoms with E-state index in [0.717, 1.165) is 0 Å². The van der Waals surface area contributed by atoms with Crippen molar-refractivity contribution in [1.82, 2.24) is 0 Å². The first kappa shape index (κ1) is 10.2. The third kappa shape index (κ3) is 2.01. The van der Waals surface area contributed by atoms with Crippen LogP contribution < -0.4 is 0 Å². The fraction of sp³-hybridized carbons (Fsp3) is 0.667. The summed E-state index contributed by atoms with van der Waals surface area (Å²) in [5.74, 6) is 0.511. The van der Waals surface area contributed by atoms with Crippen LogP contribution >= 0.6 is 11.3 Å². The first-order chi connectivity index (χ1) is 6.79. The highest BCUT2D eigenvalue weighted by Crippen LogP contribution is 2.36. The summed E-state index contributed by atoms with van der Waals surface area (Å²) in [6.45, 7) is 2.10. The zero-order valence-corrected chi connectivity index (χ0v) is 9.52. The van der Waals surface area contributed by atoms with Gasteiger partial charge in [-0.3, -0.25) is 0 Å². The highest BCUT2D eigenvalue weighted by molar-refractivity contribution is 7.10. The SMILES string of the molecule is Cc1sccc1C(O)C1CCCCC1. The molecule has 1 fully saturated rings. The second-order valence-corrected chi connectivity index (χ2v) is 5.40. The summed E-state index contributed by atoms with van der Waals surface area (Å²) in [4.78, 5) is 1.28. The Balaban J connectivity index is 2.07. The molecule has 0 aromatic carbocycles. The van der Waals surface area contributed by atoms with E-state index in [1.807, 2.05) is 0 Å². The van der Waals surface area contributed by atoms with Crippen LogP contribution in [0.5, 0.6) is 0 Å². The van der Waals surface area contributed by atoms with Crippen molar-refractivity contribution in [3.63, 3.8) is 0 Å². The predicted molar refractivity (Wildman–Crippen MR) is 60.6 cm³/mol. The molecule has 1 heterocycles. The summed E-state index contributed by atoms with van der Waals surface area (Å²) in [6.07, 6.45) is 6.15. The van der Waals surface area contributed by atoms with Gasteiger partial charge in [-0.25, -0.2) is 0 Å². The molecule has 1 unspecified atom stereocenters. The summed E-state index contributed by atoms with van der Waals surface area (Å²) in [6, 6.07) is 2.08. The zero-order valence-electron chi connectivity index (χ0n) is 8.70. The Morgan fingerprint density at radius 3 is 2.64 bits per heavy atom. The molecule has 0 bridgehead atoms. The van der Waals surface area contributed by atoms with Gasteiger partial charge >= 0.3 is 0 Å². The molecule has 1 aromatic heterocycles. The van der Waals surface area contributed by atoms with Gasteiger partial charge in [0.1, 0.15) is 0 Å². The lowest BCUT2D eigenvalue weighted by molar-refractivity contribution is 0.0847. The molecular weight excluding hydrogens is 192 g/mol. The minimum absolute atomic E-state index is 0.207. The van der Waals surface area contributed by atoms with Gasteiger partial charge < -0.3 is 5.11 Å². The molecule has 0 radical (unpaired) electrons. The average molecular weight is 210 g/mol. The van der Waals surface area contributed by atoms with E-state index < -0.39 is 0 Å². The van der Waals surface area contributed by atoms with Gasteiger partial charge in [-0.1, -0.05) is 19.3 Å². The zero-order chi connectivity index (χ0) is 9.97. The first-order valence-electron chi connectivity index (χ1n) is 5.51. The van der Waals surface area contributed by atoms with Crippen molar-refractivity contribution in [3.8, 4) is 0 Å². The Labute approximate surface area is 89.8 Å². The molecule has 2 rings (SSSR count). The maximum absolute atomic E-state index is 10.2. The van der Waals surface area contributed by atoms with Gasteiger partial charge in [0.25, 0.3) is 0 Å². The van der Waals surface area contributed by atoms with E-state index in [1.165, 1.54) is 42.5 Å². The van der Waals surface area contributed by atoms with Crippen molar-refractivity contribution < 1.29 is 5.11 Å². The Morgan fingerprint density at radius 2 is 2.07 bits per heavy atom. The molecule has 0 aliphatic heterocycles. The predicted octanol–water partition coefficient (Wildman–Crippen LogP) is 3.67. The van der Waals surface area contributed by atoms with Crippen molar-refractivity contribution in [3.05, 3.63) is 21.9 Å². The van der Waals surface area contributed by atoms with E-state index in [9.17, 15) is 5.11 Å². The number of hydrogen-bond donors (Lipinski definition) is 1. The average Bonchev–Trinajstić information content (AvgIpc) is 2.65. The van der Waals surface area contributed by atoms with Crippen LogP contribution in [0.25, 0.3) is 0 Å². The minimum atomic E-state index is -0.207. The molecule has 0 saturated heterocycles. The second kappa shape index (κ2) is 4.45. The second-order valence-electron chi connectivity index (χ2n) is 4.28. The van der Waals surface area contributed by atoms with Gasteiger partial charge in [0.2, 0.25) is 0 Å². The number of thiophene rings is 1. The fourth-order valence-electron chi connectivity index (χ4n) is 2.41. The minimum Gasteiger partial charge on any atom is -0.388 e. The molecular formula is C12H18OS. The summed E-state index contributed by atoms with van der Waals surface area (Å²) < 4.78 is 0. The summed E-state index contributed by atoms with van der Waals surface area (Å²) >= 11 is 1.74. The summed E-state index contributed by atoms with van der Waals surface area (Å²) in [5, 5.41) is 12.3. The van der Waals surface area contributed by atoms with Crippen LogP contribution in [-0.2, 0) is 0 Å². The van der Waals surface area contributed by atoms with Crippen molar-refractivity contribution >= 4 is 11.3 Å². The summed E-state index contributed by atoms with van der Waals surface area (Å²) in [7, 11) is 0. The van der Waals surface area contributed by atoms with E-state index in [-0.39, 0.29) is 6.10 Å². The normalized spacial score (nSPS) is 21.0. The molecule has 1 saturated carbocycles. The highest BCUT2D eigenvalue weighted by Gasteiger charge is 2.24. The monoisotopic (exact) mass is 210 g/mol. The van der Waals surface area contributed by atoms with Crippen molar-refractivity contribution in [2.45, 2.75) is 45.1 Å².